The van der Waals surface area contributed by atoms with E-state index < -0.39 is 0 Å². The summed E-state index contributed by atoms with van der Waals surface area (Å²) >= 11 is 0. The molecule has 2 atom stereocenters. The zero-order chi connectivity index (χ0) is 11.4. The van der Waals surface area contributed by atoms with E-state index in [0.717, 1.165) is 38.9 Å². The van der Waals surface area contributed by atoms with E-state index in [4.69, 9.17) is 5.73 Å². The van der Waals surface area contributed by atoms with E-state index in [2.05, 4.69) is 5.32 Å². The summed E-state index contributed by atoms with van der Waals surface area (Å²) in [5, 5.41) is 3.03. The van der Waals surface area contributed by atoms with E-state index in [1.807, 2.05) is 4.90 Å². The SMILES string of the molecule is NC1CCCCC1CNC(=O)N1CCCC1. The minimum absolute atomic E-state index is 0.107. The van der Waals surface area contributed by atoms with Crippen LogP contribution in [0, 0.1) is 5.92 Å². The molecular formula is C12H23N3O. The number of amides is 2. The lowest BCUT2D eigenvalue weighted by Gasteiger charge is -2.29. The third kappa shape index (κ3) is 2.88. The Bertz CT molecular complexity index is 238. The van der Waals surface area contributed by atoms with Crippen LogP contribution in [0.1, 0.15) is 38.5 Å². The zero-order valence-corrected chi connectivity index (χ0v) is 9.95. The molecular weight excluding hydrogens is 202 g/mol. The fourth-order valence-corrected chi connectivity index (χ4v) is 2.74. The lowest BCUT2D eigenvalue weighted by molar-refractivity contribution is 0.203. The standard InChI is InChI=1S/C12H23N3O/c13-11-6-2-1-5-10(11)9-14-12(16)15-7-3-4-8-15/h10-11H,1-9,13H2,(H,14,16). The van der Waals surface area contributed by atoms with Gasteiger partial charge < -0.3 is 16.0 Å². The fourth-order valence-electron chi connectivity index (χ4n) is 2.74. The van der Waals surface area contributed by atoms with Gasteiger partial charge in [0.1, 0.15) is 0 Å². The Kier molecular flexibility index (Phi) is 4.04. The molecule has 92 valence electrons. The fraction of sp³-hybridized carbons (Fsp3) is 0.917. The van der Waals surface area contributed by atoms with Gasteiger partial charge in [-0.15, -0.1) is 0 Å². The van der Waals surface area contributed by atoms with Crippen LogP contribution in [-0.2, 0) is 0 Å². The maximum atomic E-state index is 11.8. The van der Waals surface area contributed by atoms with E-state index in [9.17, 15) is 4.79 Å². The molecule has 0 spiro atoms. The van der Waals surface area contributed by atoms with Gasteiger partial charge in [0.15, 0.2) is 0 Å². The molecule has 1 saturated heterocycles. The van der Waals surface area contributed by atoms with Gasteiger partial charge in [0, 0.05) is 25.7 Å². The van der Waals surface area contributed by atoms with Gasteiger partial charge in [-0.1, -0.05) is 12.8 Å². The van der Waals surface area contributed by atoms with Crippen LogP contribution < -0.4 is 11.1 Å². The molecule has 4 nitrogen and oxygen atoms in total. The van der Waals surface area contributed by atoms with Crippen LogP contribution in [0.15, 0.2) is 0 Å². The first-order valence-electron chi connectivity index (χ1n) is 6.56. The molecule has 2 fully saturated rings. The number of hydrogen-bond acceptors (Lipinski definition) is 2. The topological polar surface area (TPSA) is 58.4 Å². The second-order valence-electron chi connectivity index (χ2n) is 5.09. The summed E-state index contributed by atoms with van der Waals surface area (Å²) in [6.45, 7) is 2.60. The Morgan fingerprint density at radius 2 is 1.88 bits per heavy atom. The molecule has 0 radical (unpaired) electrons. The molecule has 2 aliphatic rings. The third-order valence-electron chi connectivity index (χ3n) is 3.88. The van der Waals surface area contributed by atoms with Gasteiger partial charge >= 0.3 is 6.03 Å². The minimum atomic E-state index is 0.107. The van der Waals surface area contributed by atoms with Crippen LogP contribution >= 0.6 is 0 Å². The van der Waals surface area contributed by atoms with Crippen molar-refractivity contribution in [2.75, 3.05) is 19.6 Å². The average Bonchev–Trinajstić information content (AvgIpc) is 2.81. The lowest BCUT2D eigenvalue weighted by Crippen LogP contribution is -2.45. The van der Waals surface area contributed by atoms with Crippen molar-refractivity contribution in [2.24, 2.45) is 11.7 Å². The Morgan fingerprint density at radius 1 is 1.19 bits per heavy atom. The largest absolute Gasteiger partial charge is 0.338 e. The third-order valence-corrected chi connectivity index (χ3v) is 3.88. The van der Waals surface area contributed by atoms with Crippen LogP contribution in [0.3, 0.4) is 0 Å². The van der Waals surface area contributed by atoms with Crippen molar-refractivity contribution in [3.8, 4) is 0 Å². The van der Waals surface area contributed by atoms with Crippen molar-refractivity contribution in [2.45, 2.75) is 44.6 Å². The Hall–Kier alpha value is -0.770. The molecule has 4 heteroatoms. The maximum absolute atomic E-state index is 11.8. The highest BCUT2D eigenvalue weighted by Gasteiger charge is 2.23. The van der Waals surface area contributed by atoms with E-state index in [1.165, 1.54) is 19.3 Å². The number of rotatable bonds is 2. The monoisotopic (exact) mass is 225 g/mol. The maximum Gasteiger partial charge on any atom is 0.317 e. The molecule has 2 unspecified atom stereocenters. The molecule has 0 bridgehead atoms. The van der Waals surface area contributed by atoms with E-state index >= 15 is 0 Å². The second kappa shape index (κ2) is 5.53. The molecule has 3 N–H and O–H groups in total. The Morgan fingerprint density at radius 3 is 2.56 bits per heavy atom. The van der Waals surface area contributed by atoms with Gasteiger partial charge in [-0.3, -0.25) is 0 Å². The van der Waals surface area contributed by atoms with Gasteiger partial charge in [-0.2, -0.15) is 0 Å². The summed E-state index contributed by atoms with van der Waals surface area (Å²) in [6.07, 6.45) is 7.09. The number of carbonyl (C=O) groups is 1. The van der Waals surface area contributed by atoms with Crippen LogP contribution in [0.2, 0.25) is 0 Å². The van der Waals surface area contributed by atoms with Gasteiger partial charge in [-0.25, -0.2) is 4.79 Å². The van der Waals surface area contributed by atoms with E-state index in [1.54, 1.807) is 0 Å². The molecule has 1 saturated carbocycles. The molecule has 2 amide bonds. The van der Waals surface area contributed by atoms with E-state index in [0.29, 0.717) is 5.92 Å². The molecule has 1 heterocycles. The summed E-state index contributed by atoms with van der Waals surface area (Å²) in [7, 11) is 0. The van der Waals surface area contributed by atoms with Gasteiger partial charge in [0.25, 0.3) is 0 Å². The summed E-state index contributed by atoms with van der Waals surface area (Å²) in [6, 6.07) is 0.392. The molecule has 1 aliphatic carbocycles. The second-order valence-corrected chi connectivity index (χ2v) is 5.09. The summed E-state index contributed by atoms with van der Waals surface area (Å²) in [5.41, 5.74) is 6.05. The van der Waals surface area contributed by atoms with Crippen molar-refractivity contribution in [3.05, 3.63) is 0 Å². The number of carbonyl (C=O) groups excluding carboxylic acids is 1. The quantitative estimate of drug-likeness (QED) is 0.744. The summed E-state index contributed by atoms with van der Waals surface area (Å²) < 4.78 is 0. The Balaban J connectivity index is 1.71. The predicted molar refractivity (Wildman–Crippen MR) is 64.1 cm³/mol. The van der Waals surface area contributed by atoms with Crippen molar-refractivity contribution in [3.63, 3.8) is 0 Å². The Labute approximate surface area is 97.6 Å². The smallest absolute Gasteiger partial charge is 0.317 e. The average molecular weight is 225 g/mol. The van der Waals surface area contributed by atoms with Gasteiger partial charge in [0.2, 0.25) is 0 Å². The van der Waals surface area contributed by atoms with Gasteiger partial charge in [0.05, 0.1) is 0 Å². The first kappa shape index (κ1) is 11.7. The number of likely N-dealkylation sites (tertiary alicyclic amines) is 1. The number of hydrogen-bond donors (Lipinski definition) is 2. The molecule has 1 aliphatic heterocycles. The van der Waals surface area contributed by atoms with Crippen LogP contribution in [0.5, 0.6) is 0 Å². The highest BCUT2D eigenvalue weighted by atomic mass is 16.2. The first-order valence-corrected chi connectivity index (χ1v) is 6.56. The van der Waals surface area contributed by atoms with Crippen LogP contribution in [0.25, 0.3) is 0 Å². The summed E-state index contributed by atoms with van der Waals surface area (Å²) in [5.74, 6) is 0.486. The number of nitrogens with zero attached hydrogens (tertiary/aromatic N) is 1. The van der Waals surface area contributed by atoms with Crippen LogP contribution in [-0.4, -0.2) is 36.6 Å². The molecule has 0 aromatic carbocycles. The minimum Gasteiger partial charge on any atom is -0.338 e. The molecule has 2 rings (SSSR count). The normalized spacial score (nSPS) is 30.4. The van der Waals surface area contributed by atoms with E-state index in [-0.39, 0.29) is 12.1 Å². The summed E-state index contributed by atoms with van der Waals surface area (Å²) in [4.78, 5) is 13.7. The van der Waals surface area contributed by atoms with Crippen molar-refractivity contribution in [1.29, 1.82) is 0 Å². The van der Waals surface area contributed by atoms with Gasteiger partial charge in [-0.05, 0) is 31.6 Å². The lowest BCUT2D eigenvalue weighted by atomic mass is 9.85. The van der Waals surface area contributed by atoms with Crippen molar-refractivity contribution in [1.82, 2.24) is 10.2 Å². The molecule has 0 aromatic heterocycles. The molecule has 0 aromatic rings. The number of nitrogens with two attached hydrogens (primary N) is 1. The number of nitrogens with one attached hydrogen (secondary N) is 1. The van der Waals surface area contributed by atoms with Crippen LogP contribution in [0.4, 0.5) is 4.79 Å². The highest BCUT2D eigenvalue weighted by Crippen LogP contribution is 2.22. The first-order chi connectivity index (χ1) is 7.77. The number of urea groups is 1. The predicted octanol–water partition coefficient (Wildman–Crippen LogP) is 1.31. The van der Waals surface area contributed by atoms with Crippen molar-refractivity contribution < 1.29 is 4.79 Å². The van der Waals surface area contributed by atoms with Crippen molar-refractivity contribution >= 4 is 6.03 Å². The molecule has 16 heavy (non-hydrogen) atoms. The zero-order valence-electron chi connectivity index (χ0n) is 9.95. The highest BCUT2D eigenvalue weighted by molar-refractivity contribution is 5.74.